The third-order valence-corrected chi connectivity index (χ3v) is 4.37. The molecule has 0 atom stereocenters. The summed E-state index contributed by atoms with van der Waals surface area (Å²) in [5, 5.41) is 2.85. The van der Waals surface area contributed by atoms with E-state index in [1.807, 2.05) is 31.2 Å². The van der Waals surface area contributed by atoms with Gasteiger partial charge in [0.2, 0.25) is 11.8 Å². The molecule has 2 aromatic carbocycles. The third-order valence-electron chi connectivity index (χ3n) is 4.37. The molecule has 0 saturated heterocycles. The number of hydrogen-bond acceptors (Lipinski definition) is 4. The minimum Gasteiger partial charge on any atom is -0.486 e. The first kappa shape index (κ1) is 18.8. The van der Waals surface area contributed by atoms with Crippen molar-refractivity contribution in [1.29, 1.82) is 0 Å². The van der Waals surface area contributed by atoms with Crippen LogP contribution >= 0.6 is 0 Å². The van der Waals surface area contributed by atoms with Crippen LogP contribution in [0.25, 0.3) is 0 Å². The van der Waals surface area contributed by atoms with Crippen molar-refractivity contribution < 1.29 is 19.1 Å². The first-order chi connectivity index (χ1) is 13.0. The predicted molar refractivity (Wildman–Crippen MR) is 103 cm³/mol. The van der Waals surface area contributed by atoms with E-state index >= 15 is 0 Å². The van der Waals surface area contributed by atoms with Crippen molar-refractivity contribution in [2.24, 2.45) is 0 Å². The first-order valence-electron chi connectivity index (χ1n) is 9.02. The molecular formula is C21H24N2O4. The van der Waals surface area contributed by atoms with Crippen LogP contribution in [0.3, 0.4) is 0 Å². The Labute approximate surface area is 159 Å². The number of nitrogens with zero attached hydrogens (tertiary/aromatic N) is 1. The topological polar surface area (TPSA) is 67.9 Å². The van der Waals surface area contributed by atoms with Crippen molar-refractivity contribution in [3.8, 4) is 11.5 Å². The molecule has 142 valence electrons. The average Bonchev–Trinajstić information content (AvgIpc) is 2.66. The van der Waals surface area contributed by atoms with Crippen LogP contribution in [0.2, 0.25) is 0 Å². The second-order valence-electron chi connectivity index (χ2n) is 6.58. The van der Waals surface area contributed by atoms with Gasteiger partial charge in [-0.2, -0.15) is 0 Å². The van der Waals surface area contributed by atoms with Crippen molar-refractivity contribution >= 4 is 17.5 Å². The molecule has 1 aliphatic rings. The van der Waals surface area contributed by atoms with E-state index in [1.54, 1.807) is 23.1 Å². The molecule has 0 bridgehead atoms. The summed E-state index contributed by atoms with van der Waals surface area (Å²) in [7, 11) is 0. The van der Waals surface area contributed by atoms with Gasteiger partial charge >= 0.3 is 0 Å². The number of aryl methyl sites for hydroxylation is 1. The van der Waals surface area contributed by atoms with Crippen LogP contribution in [0.4, 0.5) is 5.69 Å². The summed E-state index contributed by atoms with van der Waals surface area (Å²) in [5.74, 6) is 1.11. The van der Waals surface area contributed by atoms with Crippen molar-refractivity contribution in [3.05, 3.63) is 53.6 Å². The first-order valence-corrected chi connectivity index (χ1v) is 9.02. The maximum absolute atomic E-state index is 12.3. The summed E-state index contributed by atoms with van der Waals surface area (Å²) in [6.07, 6.45) is 0.222. The Hall–Kier alpha value is -3.02. The quantitative estimate of drug-likeness (QED) is 0.851. The van der Waals surface area contributed by atoms with Gasteiger partial charge in [0.15, 0.2) is 11.5 Å². The van der Waals surface area contributed by atoms with Crippen LogP contribution in [0.15, 0.2) is 42.5 Å². The highest BCUT2D eigenvalue weighted by Gasteiger charge is 2.15. The SMILES string of the molecule is CC(=O)N(CCC(=O)Nc1ccc2c(c1)OCCO2)Cc1ccc(C)cc1. The average molecular weight is 368 g/mol. The molecule has 0 fully saturated rings. The molecule has 6 heteroatoms. The molecule has 0 spiro atoms. The molecule has 1 heterocycles. The van der Waals surface area contributed by atoms with Gasteiger partial charge in [-0.25, -0.2) is 0 Å². The zero-order valence-electron chi connectivity index (χ0n) is 15.7. The van der Waals surface area contributed by atoms with Gasteiger partial charge in [-0.3, -0.25) is 9.59 Å². The lowest BCUT2D eigenvalue weighted by Crippen LogP contribution is -2.31. The predicted octanol–water partition coefficient (Wildman–Crippen LogP) is 3.14. The number of anilines is 1. The fraction of sp³-hybridized carbons (Fsp3) is 0.333. The summed E-state index contributed by atoms with van der Waals surface area (Å²) < 4.78 is 11.0. The van der Waals surface area contributed by atoms with Gasteiger partial charge in [0.25, 0.3) is 0 Å². The molecule has 0 aromatic heterocycles. The molecule has 6 nitrogen and oxygen atoms in total. The number of fused-ring (bicyclic) bond motifs is 1. The summed E-state index contributed by atoms with van der Waals surface area (Å²) in [5.41, 5.74) is 2.87. The highest BCUT2D eigenvalue weighted by atomic mass is 16.6. The smallest absolute Gasteiger partial charge is 0.226 e. The van der Waals surface area contributed by atoms with Crippen LogP contribution in [-0.2, 0) is 16.1 Å². The Morgan fingerprint density at radius 1 is 1.04 bits per heavy atom. The van der Waals surface area contributed by atoms with Gasteiger partial charge < -0.3 is 19.7 Å². The monoisotopic (exact) mass is 368 g/mol. The molecular weight excluding hydrogens is 344 g/mol. The molecule has 0 aliphatic carbocycles. The molecule has 2 amide bonds. The zero-order valence-corrected chi connectivity index (χ0v) is 15.7. The highest BCUT2D eigenvalue weighted by Crippen LogP contribution is 2.32. The van der Waals surface area contributed by atoms with Crippen LogP contribution in [0.1, 0.15) is 24.5 Å². The van der Waals surface area contributed by atoms with E-state index in [-0.39, 0.29) is 18.2 Å². The Kier molecular flexibility index (Phi) is 5.96. The summed E-state index contributed by atoms with van der Waals surface area (Å²) >= 11 is 0. The van der Waals surface area contributed by atoms with Crippen molar-refractivity contribution in [2.75, 3.05) is 25.1 Å². The van der Waals surface area contributed by atoms with Crippen LogP contribution in [0, 0.1) is 6.92 Å². The molecule has 1 N–H and O–H groups in total. The number of rotatable bonds is 6. The Morgan fingerprint density at radius 2 is 1.74 bits per heavy atom. The van der Waals surface area contributed by atoms with Crippen molar-refractivity contribution in [3.63, 3.8) is 0 Å². The van der Waals surface area contributed by atoms with Crippen LogP contribution < -0.4 is 14.8 Å². The number of amides is 2. The lowest BCUT2D eigenvalue weighted by atomic mass is 10.1. The van der Waals surface area contributed by atoms with Gasteiger partial charge in [0, 0.05) is 38.2 Å². The number of hydrogen-bond donors (Lipinski definition) is 1. The minimum atomic E-state index is -0.151. The number of benzene rings is 2. The number of nitrogens with one attached hydrogen (secondary N) is 1. The summed E-state index contributed by atoms with van der Waals surface area (Å²) in [6, 6.07) is 13.3. The van der Waals surface area contributed by atoms with Crippen molar-refractivity contribution in [1.82, 2.24) is 4.90 Å². The van der Waals surface area contributed by atoms with E-state index in [9.17, 15) is 9.59 Å². The normalized spacial score (nSPS) is 12.4. The molecule has 0 unspecified atom stereocenters. The standard InChI is InChI=1S/C21H24N2O4/c1-15-3-5-17(6-4-15)14-23(16(2)24)10-9-21(25)22-18-7-8-19-20(13-18)27-12-11-26-19/h3-8,13H,9-12,14H2,1-2H3,(H,22,25). The van der Waals surface area contributed by atoms with E-state index in [4.69, 9.17) is 9.47 Å². The third kappa shape index (κ3) is 5.23. The van der Waals surface area contributed by atoms with Gasteiger partial charge in [0.05, 0.1) is 0 Å². The lowest BCUT2D eigenvalue weighted by Gasteiger charge is -2.21. The van der Waals surface area contributed by atoms with E-state index < -0.39 is 0 Å². The maximum Gasteiger partial charge on any atom is 0.226 e. The summed E-state index contributed by atoms with van der Waals surface area (Å²) in [6.45, 7) is 5.42. The Balaban J connectivity index is 1.54. The fourth-order valence-electron chi connectivity index (χ4n) is 2.84. The highest BCUT2D eigenvalue weighted by molar-refractivity contribution is 5.91. The second kappa shape index (κ2) is 8.58. The second-order valence-corrected chi connectivity index (χ2v) is 6.58. The number of carbonyl (C=O) groups excluding carboxylic acids is 2. The number of carbonyl (C=O) groups is 2. The largest absolute Gasteiger partial charge is 0.486 e. The van der Waals surface area contributed by atoms with Gasteiger partial charge in [-0.15, -0.1) is 0 Å². The molecule has 3 rings (SSSR count). The summed E-state index contributed by atoms with van der Waals surface area (Å²) in [4.78, 5) is 25.9. The van der Waals surface area contributed by atoms with E-state index in [1.165, 1.54) is 12.5 Å². The molecule has 0 saturated carbocycles. The lowest BCUT2D eigenvalue weighted by molar-refractivity contribution is -0.129. The maximum atomic E-state index is 12.3. The van der Waals surface area contributed by atoms with E-state index in [0.717, 1.165) is 5.56 Å². The van der Waals surface area contributed by atoms with Gasteiger partial charge in [-0.05, 0) is 24.6 Å². The number of ether oxygens (including phenoxy) is 2. The minimum absolute atomic E-state index is 0.0531. The molecule has 2 aromatic rings. The molecule has 1 aliphatic heterocycles. The van der Waals surface area contributed by atoms with E-state index in [2.05, 4.69) is 5.32 Å². The molecule has 27 heavy (non-hydrogen) atoms. The fourth-order valence-corrected chi connectivity index (χ4v) is 2.84. The van der Waals surface area contributed by atoms with Gasteiger partial charge in [0.1, 0.15) is 13.2 Å². The van der Waals surface area contributed by atoms with Crippen LogP contribution in [-0.4, -0.2) is 36.5 Å². The molecule has 0 radical (unpaired) electrons. The van der Waals surface area contributed by atoms with Crippen molar-refractivity contribution in [2.45, 2.75) is 26.8 Å². The zero-order chi connectivity index (χ0) is 19.2. The van der Waals surface area contributed by atoms with Gasteiger partial charge in [-0.1, -0.05) is 29.8 Å². The Bertz CT molecular complexity index is 817. The van der Waals surface area contributed by atoms with E-state index in [0.29, 0.717) is 43.5 Å². The van der Waals surface area contributed by atoms with Crippen LogP contribution in [0.5, 0.6) is 11.5 Å². The Morgan fingerprint density at radius 3 is 2.44 bits per heavy atom.